The number of amides is 1. The standard InChI is InChI=1S/C21H23NO4/c1-22(12-15-4-2-6-17-16(15)5-3-7-18(17)23)21(24)11-14-8-9-19-20(10-14)26-13-25-19/h3,5,7-10,15,23H,2,4,6,11-13H2,1H3. The molecule has 2 aromatic rings. The third-order valence-electron chi connectivity index (χ3n) is 5.32. The molecule has 1 heterocycles. The minimum absolute atomic E-state index is 0.0798. The largest absolute Gasteiger partial charge is 0.508 e. The Bertz CT molecular complexity index is 833. The summed E-state index contributed by atoms with van der Waals surface area (Å²) < 4.78 is 10.7. The van der Waals surface area contributed by atoms with E-state index in [9.17, 15) is 9.90 Å². The van der Waals surface area contributed by atoms with Gasteiger partial charge in [-0.1, -0.05) is 18.2 Å². The molecule has 0 spiro atoms. The van der Waals surface area contributed by atoms with E-state index in [0.717, 1.165) is 36.1 Å². The van der Waals surface area contributed by atoms with Gasteiger partial charge in [-0.2, -0.15) is 0 Å². The molecule has 0 bridgehead atoms. The van der Waals surface area contributed by atoms with Gasteiger partial charge in [-0.3, -0.25) is 4.79 Å². The third kappa shape index (κ3) is 3.21. The summed E-state index contributed by atoms with van der Waals surface area (Å²) in [5.74, 6) is 2.16. The minimum Gasteiger partial charge on any atom is -0.508 e. The lowest BCUT2D eigenvalue weighted by Crippen LogP contribution is -2.33. The maximum absolute atomic E-state index is 12.7. The number of hydrogen-bond donors (Lipinski definition) is 1. The van der Waals surface area contributed by atoms with Crippen molar-refractivity contribution in [2.75, 3.05) is 20.4 Å². The second kappa shape index (κ2) is 6.90. The quantitative estimate of drug-likeness (QED) is 0.917. The van der Waals surface area contributed by atoms with Crippen LogP contribution in [0.5, 0.6) is 17.2 Å². The van der Waals surface area contributed by atoms with E-state index >= 15 is 0 Å². The molecule has 2 aliphatic rings. The second-order valence-corrected chi connectivity index (χ2v) is 7.07. The summed E-state index contributed by atoms with van der Waals surface area (Å²) in [6, 6.07) is 11.4. The number of phenolic OH excluding ortho intramolecular Hbond substituents is 1. The van der Waals surface area contributed by atoms with Gasteiger partial charge in [0.15, 0.2) is 11.5 Å². The third-order valence-corrected chi connectivity index (χ3v) is 5.32. The highest BCUT2D eigenvalue weighted by molar-refractivity contribution is 5.79. The first-order valence-electron chi connectivity index (χ1n) is 9.05. The number of aromatic hydroxyl groups is 1. The highest BCUT2D eigenvalue weighted by atomic mass is 16.7. The van der Waals surface area contributed by atoms with Gasteiger partial charge < -0.3 is 19.5 Å². The molecule has 1 atom stereocenters. The molecule has 0 saturated carbocycles. The number of likely N-dealkylation sites (N-methyl/N-ethyl adjacent to an activating group) is 1. The normalized spacial score (nSPS) is 17.7. The van der Waals surface area contributed by atoms with E-state index in [1.165, 1.54) is 5.56 Å². The van der Waals surface area contributed by atoms with Crippen molar-refractivity contribution in [3.8, 4) is 17.2 Å². The number of carbonyl (C=O) groups is 1. The zero-order valence-corrected chi connectivity index (χ0v) is 14.9. The number of ether oxygens (including phenoxy) is 2. The Kier molecular flexibility index (Phi) is 4.45. The molecule has 1 aliphatic heterocycles. The highest BCUT2D eigenvalue weighted by Crippen LogP contribution is 2.36. The number of benzene rings is 2. The van der Waals surface area contributed by atoms with Crippen LogP contribution in [0.2, 0.25) is 0 Å². The first-order chi connectivity index (χ1) is 12.6. The molecule has 136 valence electrons. The van der Waals surface area contributed by atoms with Crippen LogP contribution >= 0.6 is 0 Å². The fourth-order valence-electron chi connectivity index (χ4n) is 3.91. The number of nitrogens with zero attached hydrogens (tertiary/aromatic N) is 1. The molecule has 1 amide bonds. The van der Waals surface area contributed by atoms with Crippen LogP contribution in [0.1, 0.15) is 35.4 Å². The highest BCUT2D eigenvalue weighted by Gasteiger charge is 2.25. The average molecular weight is 353 g/mol. The zero-order chi connectivity index (χ0) is 18.1. The fourth-order valence-corrected chi connectivity index (χ4v) is 3.91. The molecule has 0 aromatic heterocycles. The molecule has 0 saturated heterocycles. The van der Waals surface area contributed by atoms with Crippen LogP contribution in [-0.2, 0) is 17.6 Å². The smallest absolute Gasteiger partial charge is 0.231 e. The molecule has 2 aromatic carbocycles. The van der Waals surface area contributed by atoms with Crippen molar-refractivity contribution < 1.29 is 19.4 Å². The van der Waals surface area contributed by atoms with Crippen molar-refractivity contribution in [2.24, 2.45) is 0 Å². The molecule has 5 heteroatoms. The van der Waals surface area contributed by atoms with Crippen molar-refractivity contribution >= 4 is 5.91 Å². The van der Waals surface area contributed by atoms with Crippen molar-refractivity contribution in [1.82, 2.24) is 4.90 Å². The summed E-state index contributed by atoms with van der Waals surface area (Å²) in [6.45, 7) is 0.903. The van der Waals surface area contributed by atoms with Crippen LogP contribution in [0.3, 0.4) is 0 Å². The molecule has 5 nitrogen and oxygen atoms in total. The molecule has 1 N–H and O–H groups in total. The molecule has 1 unspecified atom stereocenters. The minimum atomic E-state index is 0.0798. The second-order valence-electron chi connectivity index (χ2n) is 7.07. The summed E-state index contributed by atoms with van der Waals surface area (Å²) in [5, 5.41) is 10.1. The maximum Gasteiger partial charge on any atom is 0.231 e. The lowest BCUT2D eigenvalue weighted by Gasteiger charge is -2.30. The topological polar surface area (TPSA) is 59.0 Å². The fraction of sp³-hybridized carbons (Fsp3) is 0.381. The zero-order valence-electron chi connectivity index (χ0n) is 14.9. The molecular formula is C21H23NO4. The van der Waals surface area contributed by atoms with Crippen LogP contribution in [0.25, 0.3) is 0 Å². The SMILES string of the molecule is CN(CC1CCCc2c(O)cccc21)C(=O)Cc1ccc2c(c1)OCO2. The van der Waals surface area contributed by atoms with Gasteiger partial charge in [0.05, 0.1) is 6.42 Å². The first-order valence-corrected chi connectivity index (χ1v) is 9.05. The summed E-state index contributed by atoms with van der Waals surface area (Å²) in [5.41, 5.74) is 3.15. The summed E-state index contributed by atoms with van der Waals surface area (Å²) in [4.78, 5) is 14.5. The van der Waals surface area contributed by atoms with Crippen LogP contribution in [-0.4, -0.2) is 36.3 Å². The predicted molar refractivity (Wildman–Crippen MR) is 97.7 cm³/mol. The Balaban J connectivity index is 1.43. The maximum atomic E-state index is 12.7. The monoisotopic (exact) mass is 353 g/mol. The number of rotatable bonds is 4. The number of carbonyl (C=O) groups excluding carboxylic acids is 1. The van der Waals surface area contributed by atoms with Gasteiger partial charge in [-0.05, 0) is 54.2 Å². The molecule has 1 aliphatic carbocycles. The van der Waals surface area contributed by atoms with Crippen molar-refractivity contribution in [3.63, 3.8) is 0 Å². The Labute approximate surface area is 153 Å². The lowest BCUT2D eigenvalue weighted by molar-refractivity contribution is -0.129. The van der Waals surface area contributed by atoms with Gasteiger partial charge in [0.2, 0.25) is 12.7 Å². The van der Waals surface area contributed by atoms with E-state index < -0.39 is 0 Å². The van der Waals surface area contributed by atoms with Crippen LogP contribution in [0, 0.1) is 0 Å². The van der Waals surface area contributed by atoms with E-state index in [0.29, 0.717) is 24.5 Å². The number of hydrogen-bond acceptors (Lipinski definition) is 4. The van der Waals surface area contributed by atoms with Gasteiger partial charge in [0.1, 0.15) is 5.75 Å². The molecular weight excluding hydrogens is 330 g/mol. The molecule has 26 heavy (non-hydrogen) atoms. The van der Waals surface area contributed by atoms with Gasteiger partial charge in [-0.25, -0.2) is 0 Å². The van der Waals surface area contributed by atoms with Crippen molar-refractivity contribution in [3.05, 3.63) is 53.1 Å². The number of phenols is 1. The van der Waals surface area contributed by atoms with Crippen LogP contribution in [0.15, 0.2) is 36.4 Å². The van der Waals surface area contributed by atoms with Crippen molar-refractivity contribution in [2.45, 2.75) is 31.6 Å². The van der Waals surface area contributed by atoms with Gasteiger partial charge in [0.25, 0.3) is 0 Å². The van der Waals surface area contributed by atoms with E-state index in [2.05, 4.69) is 6.07 Å². The summed E-state index contributed by atoms with van der Waals surface area (Å²) >= 11 is 0. The van der Waals surface area contributed by atoms with Gasteiger partial charge in [-0.15, -0.1) is 0 Å². The Hall–Kier alpha value is -2.69. The summed E-state index contributed by atoms with van der Waals surface area (Å²) in [6.07, 6.45) is 3.33. The average Bonchev–Trinajstić information content (AvgIpc) is 3.10. The summed E-state index contributed by atoms with van der Waals surface area (Å²) in [7, 11) is 1.85. The number of fused-ring (bicyclic) bond motifs is 2. The lowest BCUT2D eigenvalue weighted by atomic mass is 9.82. The Morgan fingerprint density at radius 3 is 2.96 bits per heavy atom. The molecule has 4 rings (SSSR count). The first kappa shape index (κ1) is 16.8. The van der Waals surface area contributed by atoms with E-state index in [1.807, 2.05) is 31.3 Å². The van der Waals surface area contributed by atoms with Crippen molar-refractivity contribution in [1.29, 1.82) is 0 Å². The Morgan fingerprint density at radius 2 is 2.08 bits per heavy atom. The van der Waals surface area contributed by atoms with E-state index in [-0.39, 0.29) is 18.6 Å². The van der Waals surface area contributed by atoms with Crippen LogP contribution < -0.4 is 9.47 Å². The molecule has 0 radical (unpaired) electrons. The Morgan fingerprint density at radius 1 is 1.23 bits per heavy atom. The molecule has 0 fully saturated rings. The van der Waals surface area contributed by atoms with Gasteiger partial charge >= 0.3 is 0 Å². The van der Waals surface area contributed by atoms with Crippen LogP contribution in [0.4, 0.5) is 0 Å². The predicted octanol–water partition coefficient (Wildman–Crippen LogP) is 3.24. The van der Waals surface area contributed by atoms with Gasteiger partial charge in [0, 0.05) is 19.5 Å². The van der Waals surface area contributed by atoms with E-state index in [1.54, 1.807) is 11.0 Å². The van der Waals surface area contributed by atoms with E-state index in [4.69, 9.17) is 9.47 Å².